The first-order chi connectivity index (χ1) is 11.6. The van der Waals surface area contributed by atoms with E-state index in [1.807, 2.05) is 23.6 Å². The third-order valence-corrected chi connectivity index (χ3v) is 5.59. The van der Waals surface area contributed by atoms with Crippen molar-refractivity contribution in [3.8, 4) is 0 Å². The molecule has 6 heteroatoms. The van der Waals surface area contributed by atoms with E-state index < -0.39 is 0 Å². The Bertz CT molecular complexity index is 569. The lowest BCUT2D eigenvalue weighted by atomic mass is 10.1. The number of hydrogen-bond donors (Lipinski definition) is 1. The molecule has 2 fully saturated rings. The van der Waals surface area contributed by atoms with Crippen LogP contribution in [0.25, 0.3) is 0 Å². The van der Waals surface area contributed by atoms with E-state index in [2.05, 4.69) is 35.3 Å². The van der Waals surface area contributed by atoms with Crippen LogP contribution in [0.4, 0.5) is 11.4 Å². The Balaban J connectivity index is 1.62. The van der Waals surface area contributed by atoms with E-state index in [0.717, 1.165) is 18.8 Å². The lowest BCUT2D eigenvalue weighted by Crippen LogP contribution is -2.47. The van der Waals surface area contributed by atoms with Crippen molar-refractivity contribution >= 4 is 29.0 Å². The predicted octanol–water partition coefficient (Wildman–Crippen LogP) is 2.21. The molecule has 1 aromatic rings. The van der Waals surface area contributed by atoms with Crippen LogP contribution in [0.3, 0.4) is 0 Å². The number of carbonyl (C=O) groups excluding carboxylic acids is 1. The van der Waals surface area contributed by atoms with E-state index in [-0.39, 0.29) is 11.9 Å². The molecule has 1 atom stereocenters. The third-order valence-electron chi connectivity index (χ3n) is 4.65. The first-order valence-electron chi connectivity index (χ1n) is 8.71. The highest BCUT2D eigenvalue weighted by Gasteiger charge is 2.22. The molecule has 1 amide bonds. The fourth-order valence-corrected chi connectivity index (χ4v) is 4.08. The summed E-state index contributed by atoms with van der Waals surface area (Å²) >= 11 is 2.02. The van der Waals surface area contributed by atoms with Gasteiger partial charge >= 0.3 is 0 Å². The van der Waals surface area contributed by atoms with Crippen molar-refractivity contribution in [3.63, 3.8) is 0 Å². The number of nitrogens with zero attached hydrogens (tertiary/aromatic N) is 2. The maximum atomic E-state index is 12.5. The molecule has 0 bridgehead atoms. The van der Waals surface area contributed by atoms with Gasteiger partial charge in [-0.1, -0.05) is 0 Å². The zero-order valence-corrected chi connectivity index (χ0v) is 15.4. The van der Waals surface area contributed by atoms with Crippen molar-refractivity contribution in [2.24, 2.45) is 0 Å². The minimum atomic E-state index is -0.223. The van der Waals surface area contributed by atoms with Gasteiger partial charge in [0.05, 0.1) is 13.2 Å². The highest BCUT2D eigenvalue weighted by Crippen LogP contribution is 2.25. The number of nitrogens with one attached hydrogen (secondary N) is 1. The average molecular weight is 350 g/mol. The van der Waals surface area contributed by atoms with Crippen molar-refractivity contribution < 1.29 is 9.53 Å². The Kier molecular flexibility index (Phi) is 5.89. The van der Waals surface area contributed by atoms with E-state index >= 15 is 0 Å². The lowest BCUT2D eigenvalue weighted by Gasteiger charge is -2.31. The number of hydrogen-bond acceptors (Lipinski definition) is 5. The molecule has 2 aliphatic heterocycles. The van der Waals surface area contributed by atoms with Crippen LogP contribution in [0.2, 0.25) is 0 Å². The van der Waals surface area contributed by atoms with Crippen LogP contribution < -0.4 is 10.2 Å². The highest BCUT2D eigenvalue weighted by molar-refractivity contribution is 7.99. The Morgan fingerprint density at radius 1 is 1.21 bits per heavy atom. The summed E-state index contributed by atoms with van der Waals surface area (Å²) in [5.41, 5.74) is 3.51. The standard InChI is InChI=1S/C18H27N3O2S/c1-14-13-16(20-7-11-24-12-8-20)3-4-17(14)19-15(2)18(22)21-5-9-23-10-6-21/h3-4,13,15,19H,5-12H2,1-2H3/t15-/m0/s1. The van der Waals surface area contributed by atoms with Crippen LogP contribution in [0.5, 0.6) is 0 Å². The number of ether oxygens (including phenoxy) is 1. The molecule has 2 heterocycles. The smallest absolute Gasteiger partial charge is 0.244 e. The maximum Gasteiger partial charge on any atom is 0.244 e. The van der Waals surface area contributed by atoms with Crippen LogP contribution in [0.15, 0.2) is 18.2 Å². The molecule has 0 aliphatic carbocycles. The quantitative estimate of drug-likeness (QED) is 0.903. The summed E-state index contributed by atoms with van der Waals surface area (Å²) in [5, 5.41) is 3.38. The number of rotatable bonds is 4. The molecule has 0 aromatic heterocycles. The van der Waals surface area contributed by atoms with Gasteiger partial charge in [-0.05, 0) is 37.6 Å². The van der Waals surface area contributed by atoms with E-state index in [9.17, 15) is 4.79 Å². The lowest BCUT2D eigenvalue weighted by molar-refractivity contribution is -0.135. The van der Waals surface area contributed by atoms with Gasteiger partial charge < -0.3 is 19.9 Å². The summed E-state index contributed by atoms with van der Waals surface area (Å²) in [4.78, 5) is 16.9. The van der Waals surface area contributed by atoms with Crippen LogP contribution in [-0.4, -0.2) is 67.7 Å². The van der Waals surface area contributed by atoms with E-state index in [4.69, 9.17) is 4.74 Å². The predicted molar refractivity (Wildman–Crippen MR) is 101 cm³/mol. The Morgan fingerprint density at radius 3 is 2.58 bits per heavy atom. The summed E-state index contributed by atoms with van der Waals surface area (Å²) in [6.45, 7) is 8.93. The molecule has 0 radical (unpaired) electrons. The fraction of sp³-hybridized carbons (Fsp3) is 0.611. The monoisotopic (exact) mass is 349 g/mol. The van der Waals surface area contributed by atoms with Gasteiger partial charge in [0.25, 0.3) is 0 Å². The molecule has 1 aromatic carbocycles. The van der Waals surface area contributed by atoms with Crippen LogP contribution in [0.1, 0.15) is 12.5 Å². The number of thioether (sulfide) groups is 1. The fourth-order valence-electron chi connectivity index (χ4n) is 3.18. The molecule has 2 saturated heterocycles. The Labute approximate surface area is 148 Å². The number of benzene rings is 1. The molecule has 132 valence electrons. The van der Waals surface area contributed by atoms with Gasteiger partial charge in [-0.25, -0.2) is 0 Å². The van der Waals surface area contributed by atoms with Crippen LogP contribution in [-0.2, 0) is 9.53 Å². The summed E-state index contributed by atoms with van der Waals surface area (Å²) in [5.74, 6) is 2.55. The number of aryl methyl sites for hydroxylation is 1. The summed E-state index contributed by atoms with van der Waals surface area (Å²) < 4.78 is 5.32. The van der Waals surface area contributed by atoms with Gasteiger partial charge in [0.2, 0.25) is 5.91 Å². The minimum absolute atomic E-state index is 0.148. The number of anilines is 2. The van der Waals surface area contributed by atoms with E-state index in [1.54, 1.807) is 0 Å². The van der Waals surface area contributed by atoms with Crippen molar-refractivity contribution in [2.45, 2.75) is 19.9 Å². The van der Waals surface area contributed by atoms with Crippen molar-refractivity contribution in [1.29, 1.82) is 0 Å². The molecule has 3 rings (SSSR count). The zero-order chi connectivity index (χ0) is 16.9. The van der Waals surface area contributed by atoms with E-state index in [0.29, 0.717) is 26.3 Å². The summed E-state index contributed by atoms with van der Waals surface area (Å²) in [6, 6.07) is 6.27. The second-order valence-corrected chi connectivity index (χ2v) is 7.63. The third kappa shape index (κ3) is 4.16. The molecule has 24 heavy (non-hydrogen) atoms. The second-order valence-electron chi connectivity index (χ2n) is 6.40. The van der Waals surface area contributed by atoms with Gasteiger partial charge in [0, 0.05) is 49.1 Å². The molecule has 0 saturated carbocycles. The van der Waals surface area contributed by atoms with Crippen molar-refractivity contribution in [2.75, 3.05) is 61.1 Å². The summed E-state index contributed by atoms with van der Waals surface area (Å²) in [6.07, 6.45) is 0. The van der Waals surface area contributed by atoms with E-state index in [1.165, 1.54) is 22.8 Å². The number of amides is 1. The topological polar surface area (TPSA) is 44.8 Å². The summed E-state index contributed by atoms with van der Waals surface area (Å²) in [7, 11) is 0. The molecule has 1 N–H and O–H groups in total. The Morgan fingerprint density at radius 2 is 1.92 bits per heavy atom. The molecule has 0 spiro atoms. The van der Waals surface area contributed by atoms with Gasteiger partial charge in [0.15, 0.2) is 0 Å². The Hall–Kier alpha value is -1.40. The first kappa shape index (κ1) is 17.4. The van der Waals surface area contributed by atoms with Crippen molar-refractivity contribution in [3.05, 3.63) is 23.8 Å². The van der Waals surface area contributed by atoms with Crippen LogP contribution in [0, 0.1) is 6.92 Å². The molecule has 5 nitrogen and oxygen atoms in total. The highest BCUT2D eigenvalue weighted by atomic mass is 32.2. The molecule has 2 aliphatic rings. The van der Waals surface area contributed by atoms with Gasteiger partial charge in [-0.2, -0.15) is 11.8 Å². The largest absolute Gasteiger partial charge is 0.378 e. The van der Waals surface area contributed by atoms with Crippen molar-refractivity contribution in [1.82, 2.24) is 4.90 Å². The molecular weight excluding hydrogens is 322 g/mol. The SMILES string of the molecule is Cc1cc(N2CCSCC2)ccc1N[C@@H](C)C(=O)N1CCOCC1. The first-order valence-corrected chi connectivity index (χ1v) is 9.87. The molecule has 0 unspecified atom stereocenters. The maximum absolute atomic E-state index is 12.5. The van der Waals surface area contributed by atoms with Gasteiger partial charge in [-0.3, -0.25) is 4.79 Å². The number of morpholine rings is 1. The number of carbonyl (C=O) groups is 1. The van der Waals surface area contributed by atoms with Gasteiger partial charge in [-0.15, -0.1) is 0 Å². The zero-order valence-electron chi connectivity index (χ0n) is 14.6. The minimum Gasteiger partial charge on any atom is -0.378 e. The normalized spacial score (nSPS) is 19.9. The molecular formula is C18H27N3O2S. The van der Waals surface area contributed by atoms with Crippen LogP contribution >= 0.6 is 11.8 Å². The second kappa shape index (κ2) is 8.12. The van der Waals surface area contributed by atoms with Gasteiger partial charge in [0.1, 0.15) is 6.04 Å². The average Bonchev–Trinajstić information content (AvgIpc) is 2.64.